The number of amides is 1. The molecule has 31 heavy (non-hydrogen) atoms. The van der Waals surface area contributed by atoms with Crippen LogP contribution in [0, 0.1) is 27.7 Å². The molecule has 4 aromatic rings. The fourth-order valence-electron chi connectivity index (χ4n) is 3.74. The minimum absolute atomic E-state index is 0.155. The molecule has 1 N–H and O–H groups in total. The number of hydrogen-bond acceptors (Lipinski definition) is 4. The number of rotatable bonds is 5. The smallest absolute Gasteiger partial charge is 0.295 e. The molecule has 2 aromatic heterocycles. The first-order chi connectivity index (χ1) is 14.8. The molecular weight excluding hydrogens is 390 g/mol. The van der Waals surface area contributed by atoms with Crippen LogP contribution in [0.2, 0.25) is 0 Å². The maximum Gasteiger partial charge on any atom is 0.295 e. The Hall–Kier alpha value is -3.74. The number of nitrogens with one attached hydrogen (secondary N) is 1. The Kier molecular flexibility index (Phi) is 5.42. The van der Waals surface area contributed by atoms with Crippen molar-refractivity contribution in [3.8, 4) is 5.69 Å². The molecule has 4 rings (SSSR count). The zero-order chi connectivity index (χ0) is 22.1. The summed E-state index contributed by atoms with van der Waals surface area (Å²) in [6.07, 6.45) is 0. The van der Waals surface area contributed by atoms with E-state index >= 15 is 0 Å². The Balaban J connectivity index is 1.62. The number of fused-ring (bicyclic) bond motifs is 1. The molecule has 0 bridgehead atoms. The van der Waals surface area contributed by atoms with Gasteiger partial charge >= 0.3 is 0 Å². The summed E-state index contributed by atoms with van der Waals surface area (Å²) in [6, 6.07) is 15.9. The summed E-state index contributed by atoms with van der Waals surface area (Å²) in [5, 5.41) is 12.5. The van der Waals surface area contributed by atoms with Crippen LogP contribution >= 0.6 is 0 Å². The van der Waals surface area contributed by atoms with Gasteiger partial charge < -0.3 is 5.32 Å². The van der Waals surface area contributed by atoms with Gasteiger partial charge in [-0.3, -0.25) is 9.59 Å². The van der Waals surface area contributed by atoms with Gasteiger partial charge in [0, 0.05) is 6.54 Å². The molecule has 0 aliphatic heterocycles. The van der Waals surface area contributed by atoms with Crippen LogP contribution in [-0.4, -0.2) is 25.5 Å². The molecule has 7 nitrogen and oxygen atoms in total. The molecule has 0 atom stereocenters. The van der Waals surface area contributed by atoms with Crippen molar-refractivity contribution in [1.82, 2.24) is 24.9 Å². The third kappa shape index (κ3) is 4.12. The molecule has 0 aliphatic carbocycles. The second kappa shape index (κ2) is 8.18. The van der Waals surface area contributed by atoms with Gasteiger partial charge in [0.05, 0.1) is 22.5 Å². The van der Waals surface area contributed by atoms with Crippen molar-refractivity contribution in [3.05, 3.63) is 87.0 Å². The minimum atomic E-state index is -0.375. The number of carbonyl (C=O) groups excluding carboxylic acids is 1. The molecule has 158 valence electrons. The summed E-state index contributed by atoms with van der Waals surface area (Å²) in [5.41, 5.74) is 5.61. The van der Waals surface area contributed by atoms with Gasteiger partial charge in [0.2, 0.25) is 5.91 Å². The van der Waals surface area contributed by atoms with E-state index in [-0.39, 0.29) is 18.0 Å². The zero-order valence-corrected chi connectivity index (χ0v) is 18.1. The van der Waals surface area contributed by atoms with E-state index in [1.165, 1.54) is 4.68 Å². The van der Waals surface area contributed by atoms with Crippen molar-refractivity contribution in [2.75, 3.05) is 0 Å². The van der Waals surface area contributed by atoms with Crippen molar-refractivity contribution in [3.63, 3.8) is 0 Å². The van der Waals surface area contributed by atoms with E-state index in [0.29, 0.717) is 17.8 Å². The largest absolute Gasteiger partial charge is 0.350 e. The van der Waals surface area contributed by atoms with Crippen LogP contribution in [0.1, 0.15) is 28.1 Å². The number of aryl methyl sites for hydroxylation is 4. The third-order valence-electron chi connectivity index (χ3n) is 5.33. The lowest BCUT2D eigenvalue weighted by Gasteiger charge is -2.08. The topological polar surface area (TPSA) is 81.8 Å². The molecule has 0 saturated heterocycles. The van der Waals surface area contributed by atoms with Crippen molar-refractivity contribution >= 4 is 16.8 Å². The van der Waals surface area contributed by atoms with E-state index in [0.717, 1.165) is 33.5 Å². The number of nitrogens with zero attached hydrogens (tertiary/aromatic N) is 4. The van der Waals surface area contributed by atoms with Gasteiger partial charge in [-0.05, 0) is 45.4 Å². The van der Waals surface area contributed by atoms with Gasteiger partial charge in [0.15, 0.2) is 5.52 Å². The Morgan fingerprint density at radius 2 is 1.71 bits per heavy atom. The summed E-state index contributed by atoms with van der Waals surface area (Å²) in [7, 11) is 0. The van der Waals surface area contributed by atoms with E-state index < -0.39 is 0 Å². The Morgan fingerprint density at radius 1 is 0.968 bits per heavy atom. The molecule has 0 radical (unpaired) electrons. The Morgan fingerprint density at radius 3 is 2.42 bits per heavy atom. The molecule has 2 aromatic carbocycles. The SMILES string of the molecule is Cc1ccc(-n2nc3c(=O)n(CC(=O)NCc4cccc(C)c4)nc(C)c3c2C)cc1. The van der Waals surface area contributed by atoms with Crippen molar-refractivity contribution in [2.45, 2.75) is 40.8 Å². The average Bonchev–Trinajstić information content (AvgIpc) is 3.09. The summed E-state index contributed by atoms with van der Waals surface area (Å²) in [6.45, 7) is 8.02. The Labute approximate surface area is 180 Å². The van der Waals surface area contributed by atoms with Gasteiger partial charge in [0.25, 0.3) is 5.56 Å². The second-order valence-electron chi connectivity index (χ2n) is 7.87. The predicted molar refractivity (Wildman–Crippen MR) is 120 cm³/mol. The summed E-state index contributed by atoms with van der Waals surface area (Å²) < 4.78 is 2.94. The first-order valence-electron chi connectivity index (χ1n) is 10.2. The van der Waals surface area contributed by atoms with Gasteiger partial charge in [-0.25, -0.2) is 9.36 Å². The Bertz CT molecular complexity index is 1330. The quantitative estimate of drug-likeness (QED) is 0.543. The van der Waals surface area contributed by atoms with Crippen LogP contribution in [-0.2, 0) is 17.9 Å². The second-order valence-corrected chi connectivity index (χ2v) is 7.87. The highest BCUT2D eigenvalue weighted by Crippen LogP contribution is 2.21. The third-order valence-corrected chi connectivity index (χ3v) is 5.33. The number of benzene rings is 2. The number of carbonyl (C=O) groups is 1. The predicted octanol–water partition coefficient (Wildman–Crippen LogP) is 3.13. The van der Waals surface area contributed by atoms with Crippen LogP contribution in [0.3, 0.4) is 0 Å². The first kappa shape index (κ1) is 20.5. The molecule has 0 spiro atoms. The lowest BCUT2D eigenvalue weighted by Crippen LogP contribution is -2.34. The highest BCUT2D eigenvalue weighted by Gasteiger charge is 2.18. The maximum absolute atomic E-state index is 13.0. The highest BCUT2D eigenvalue weighted by molar-refractivity contribution is 5.83. The molecule has 0 saturated carbocycles. The van der Waals surface area contributed by atoms with E-state index in [1.807, 2.05) is 76.2 Å². The summed E-state index contributed by atoms with van der Waals surface area (Å²) >= 11 is 0. The lowest BCUT2D eigenvalue weighted by molar-refractivity contribution is -0.122. The minimum Gasteiger partial charge on any atom is -0.350 e. The van der Waals surface area contributed by atoms with E-state index in [4.69, 9.17) is 0 Å². The molecule has 7 heteroatoms. The van der Waals surface area contributed by atoms with Crippen LogP contribution < -0.4 is 10.9 Å². The van der Waals surface area contributed by atoms with E-state index in [1.54, 1.807) is 4.68 Å². The first-order valence-corrected chi connectivity index (χ1v) is 10.2. The normalized spacial score (nSPS) is 11.1. The summed E-state index contributed by atoms with van der Waals surface area (Å²) in [4.78, 5) is 25.5. The van der Waals surface area contributed by atoms with Crippen molar-refractivity contribution < 1.29 is 4.79 Å². The molecular formula is C24H25N5O2. The zero-order valence-electron chi connectivity index (χ0n) is 18.1. The standard InChI is InChI=1S/C24H25N5O2/c1-15-8-10-20(11-9-15)29-18(4)22-17(3)26-28(24(31)23(22)27-29)14-21(30)25-13-19-7-5-6-16(2)12-19/h5-12H,13-14H2,1-4H3,(H,25,30). The molecule has 1 amide bonds. The molecule has 0 aliphatic rings. The van der Waals surface area contributed by atoms with Crippen LogP contribution in [0.5, 0.6) is 0 Å². The molecule has 0 unspecified atom stereocenters. The van der Waals surface area contributed by atoms with E-state index in [9.17, 15) is 9.59 Å². The number of hydrogen-bond donors (Lipinski definition) is 1. The molecule has 2 heterocycles. The number of aromatic nitrogens is 4. The van der Waals surface area contributed by atoms with Gasteiger partial charge in [-0.15, -0.1) is 0 Å². The molecule has 0 fully saturated rings. The van der Waals surface area contributed by atoms with Crippen LogP contribution in [0.25, 0.3) is 16.6 Å². The van der Waals surface area contributed by atoms with Crippen molar-refractivity contribution in [1.29, 1.82) is 0 Å². The van der Waals surface area contributed by atoms with Gasteiger partial charge in [-0.2, -0.15) is 10.2 Å². The monoisotopic (exact) mass is 415 g/mol. The van der Waals surface area contributed by atoms with Crippen molar-refractivity contribution in [2.24, 2.45) is 0 Å². The summed E-state index contributed by atoms with van der Waals surface area (Å²) in [5.74, 6) is -0.274. The fraction of sp³-hybridized carbons (Fsp3) is 0.250. The van der Waals surface area contributed by atoms with Gasteiger partial charge in [-0.1, -0.05) is 47.5 Å². The van der Waals surface area contributed by atoms with Gasteiger partial charge in [0.1, 0.15) is 6.54 Å². The maximum atomic E-state index is 13.0. The highest BCUT2D eigenvalue weighted by atomic mass is 16.2. The fourth-order valence-corrected chi connectivity index (χ4v) is 3.74. The van der Waals surface area contributed by atoms with E-state index in [2.05, 4.69) is 15.5 Å². The van der Waals surface area contributed by atoms with Crippen LogP contribution in [0.15, 0.2) is 53.3 Å². The average molecular weight is 415 g/mol. The van der Waals surface area contributed by atoms with Crippen LogP contribution in [0.4, 0.5) is 0 Å². The lowest BCUT2D eigenvalue weighted by atomic mass is 10.1.